The van der Waals surface area contributed by atoms with Crippen LogP contribution < -0.4 is 14.8 Å². The lowest BCUT2D eigenvalue weighted by molar-refractivity contribution is -0.125. The van der Waals surface area contributed by atoms with Crippen LogP contribution in [0.1, 0.15) is 5.56 Å². The van der Waals surface area contributed by atoms with E-state index < -0.39 is 6.10 Å². The Hall–Kier alpha value is -3.93. The molecule has 1 unspecified atom stereocenters. The maximum atomic E-state index is 12.7. The standard InChI is InChI=1S/C24H19N3O3/c1-15-11-18(27-24(28)22-14-29-20-6-2-3-7-21(20)30-22)8-9-19(15)17-12-16-5-4-10-25-23(16)26-13-17/h2-13,22H,14H2,1H3,(H,27,28). The maximum absolute atomic E-state index is 12.7. The van der Waals surface area contributed by atoms with E-state index in [0.29, 0.717) is 17.2 Å². The van der Waals surface area contributed by atoms with Gasteiger partial charge < -0.3 is 14.8 Å². The molecule has 1 aliphatic heterocycles. The number of rotatable bonds is 3. The van der Waals surface area contributed by atoms with Crippen LogP contribution in [0.15, 0.2) is 73.1 Å². The van der Waals surface area contributed by atoms with Gasteiger partial charge in [-0.25, -0.2) is 9.97 Å². The minimum Gasteiger partial charge on any atom is -0.485 e. The van der Waals surface area contributed by atoms with Crippen LogP contribution in [0.3, 0.4) is 0 Å². The van der Waals surface area contributed by atoms with E-state index >= 15 is 0 Å². The third-order valence-corrected chi connectivity index (χ3v) is 5.06. The molecule has 0 fully saturated rings. The monoisotopic (exact) mass is 397 g/mol. The maximum Gasteiger partial charge on any atom is 0.269 e. The topological polar surface area (TPSA) is 73.3 Å². The highest BCUT2D eigenvalue weighted by Crippen LogP contribution is 2.31. The number of fused-ring (bicyclic) bond motifs is 2. The highest BCUT2D eigenvalue weighted by molar-refractivity contribution is 5.95. The van der Waals surface area contributed by atoms with Crippen molar-refractivity contribution in [3.05, 3.63) is 78.6 Å². The Morgan fingerprint density at radius 1 is 1.03 bits per heavy atom. The predicted octanol–water partition coefficient (Wildman–Crippen LogP) is 4.38. The second-order valence-corrected chi connectivity index (χ2v) is 7.16. The fraction of sp³-hybridized carbons (Fsp3) is 0.125. The van der Waals surface area contributed by atoms with Gasteiger partial charge in [-0.2, -0.15) is 0 Å². The molecule has 0 radical (unpaired) electrons. The first-order valence-corrected chi connectivity index (χ1v) is 9.68. The van der Waals surface area contributed by atoms with E-state index in [1.165, 1.54) is 0 Å². The highest BCUT2D eigenvalue weighted by Gasteiger charge is 2.27. The first-order chi connectivity index (χ1) is 14.7. The van der Waals surface area contributed by atoms with Crippen LogP contribution in [0, 0.1) is 6.92 Å². The molecule has 2 aromatic carbocycles. The first-order valence-electron chi connectivity index (χ1n) is 9.68. The number of nitrogens with one attached hydrogen (secondary N) is 1. The van der Waals surface area contributed by atoms with Crippen LogP contribution in [-0.4, -0.2) is 28.6 Å². The van der Waals surface area contributed by atoms with Crippen molar-refractivity contribution in [1.29, 1.82) is 0 Å². The van der Waals surface area contributed by atoms with Crippen molar-refractivity contribution in [3.8, 4) is 22.6 Å². The zero-order valence-electron chi connectivity index (χ0n) is 16.3. The summed E-state index contributed by atoms with van der Waals surface area (Å²) in [6.07, 6.45) is 2.86. The van der Waals surface area contributed by atoms with Gasteiger partial charge in [-0.1, -0.05) is 18.2 Å². The van der Waals surface area contributed by atoms with Crippen LogP contribution in [0.25, 0.3) is 22.2 Å². The summed E-state index contributed by atoms with van der Waals surface area (Å²) in [5.41, 5.74) is 4.52. The third kappa shape index (κ3) is 3.43. The van der Waals surface area contributed by atoms with Gasteiger partial charge in [-0.15, -0.1) is 0 Å². The first kappa shape index (κ1) is 18.1. The molecule has 0 saturated heterocycles. The largest absolute Gasteiger partial charge is 0.485 e. The molecule has 1 N–H and O–H groups in total. The summed E-state index contributed by atoms with van der Waals surface area (Å²) in [4.78, 5) is 21.4. The molecular formula is C24H19N3O3. The number of aromatic nitrogens is 2. The minimum absolute atomic E-state index is 0.177. The van der Waals surface area contributed by atoms with Gasteiger partial charge in [-0.05, 0) is 60.5 Å². The van der Waals surface area contributed by atoms with Gasteiger partial charge in [0.15, 0.2) is 17.1 Å². The second kappa shape index (κ2) is 7.48. The molecule has 0 saturated carbocycles. The normalized spacial score (nSPS) is 15.0. The highest BCUT2D eigenvalue weighted by atomic mass is 16.6. The predicted molar refractivity (Wildman–Crippen MR) is 115 cm³/mol. The van der Waals surface area contributed by atoms with Crippen LogP contribution in [0.4, 0.5) is 5.69 Å². The molecule has 0 spiro atoms. The zero-order valence-corrected chi connectivity index (χ0v) is 16.3. The Bertz CT molecular complexity index is 1260. The van der Waals surface area contributed by atoms with E-state index in [1.54, 1.807) is 12.3 Å². The summed E-state index contributed by atoms with van der Waals surface area (Å²) in [7, 11) is 0. The van der Waals surface area contributed by atoms with E-state index in [0.717, 1.165) is 27.7 Å². The van der Waals surface area contributed by atoms with Crippen LogP contribution in [0.2, 0.25) is 0 Å². The summed E-state index contributed by atoms with van der Waals surface area (Å²) >= 11 is 0. The zero-order chi connectivity index (χ0) is 20.5. The van der Waals surface area contributed by atoms with Crippen molar-refractivity contribution >= 4 is 22.6 Å². The molecule has 3 heterocycles. The number of pyridine rings is 2. The Labute approximate surface area is 173 Å². The minimum atomic E-state index is -0.697. The Balaban J connectivity index is 1.34. The van der Waals surface area contributed by atoms with Gasteiger partial charge in [0.25, 0.3) is 5.91 Å². The summed E-state index contributed by atoms with van der Waals surface area (Å²) in [6.45, 7) is 2.19. The molecule has 2 aromatic heterocycles. The van der Waals surface area contributed by atoms with Gasteiger partial charge in [0.1, 0.15) is 6.61 Å². The number of carbonyl (C=O) groups is 1. The lowest BCUT2D eigenvalue weighted by Gasteiger charge is -2.25. The number of hydrogen-bond donors (Lipinski definition) is 1. The number of anilines is 1. The average molecular weight is 397 g/mol. The SMILES string of the molecule is Cc1cc(NC(=O)C2COc3ccccc3O2)ccc1-c1cnc2ncccc2c1. The molecule has 0 bridgehead atoms. The molecule has 1 atom stereocenters. The summed E-state index contributed by atoms with van der Waals surface area (Å²) in [5, 5.41) is 3.91. The molecule has 1 amide bonds. The van der Waals surface area contributed by atoms with Gasteiger partial charge in [0.2, 0.25) is 6.10 Å². The third-order valence-electron chi connectivity index (χ3n) is 5.06. The molecular weight excluding hydrogens is 378 g/mol. The number of amides is 1. The van der Waals surface area contributed by atoms with E-state index in [2.05, 4.69) is 21.4 Å². The number of carbonyl (C=O) groups excluding carboxylic acids is 1. The molecule has 30 heavy (non-hydrogen) atoms. The number of aryl methyl sites for hydroxylation is 1. The van der Waals surface area contributed by atoms with Crippen molar-refractivity contribution < 1.29 is 14.3 Å². The molecule has 1 aliphatic rings. The molecule has 6 heteroatoms. The molecule has 5 rings (SSSR count). The average Bonchev–Trinajstić information content (AvgIpc) is 2.78. The molecule has 6 nitrogen and oxygen atoms in total. The fourth-order valence-corrected chi connectivity index (χ4v) is 3.55. The smallest absolute Gasteiger partial charge is 0.269 e. The second-order valence-electron chi connectivity index (χ2n) is 7.16. The van der Waals surface area contributed by atoms with E-state index in [-0.39, 0.29) is 12.5 Å². The Morgan fingerprint density at radius 2 is 1.90 bits per heavy atom. The Kier molecular flexibility index (Phi) is 4.52. The number of ether oxygens (including phenoxy) is 2. The van der Waals surface area contributed by atoms with Crippen molar-refractivity contribution in [2.24, 2.45) is 0 Å². The van der Waals surface area contributed by atoms with Crippen molar-refractivity contribution in [2.45, 2.75) is 13.0 Å². The van der Waals surface area contributed by atoms with E-state index in [1.807, 2.05) is 61.7 Å². The van der Waals surface area contributed by atoms with Gasteiger partial charge in [0.05, 0.1) is 0 Å². The summed E-state index contributed by atoms with van der Waals surface area (Å²) < 4.78 is 11.4. The summed E-state index contributed by atoms with van der Waals surface area (Å²) in [6, 6.07) is 19.1. The molecule has 0 aliphatic carbocycles. The fourth-order valence-electron chi connectivity index (χ4n) is 3.55. The summed E-state index contributed by atoms with van der Waals surface area (Å²) in [5.74, 6) is 0.991. The van der Waals surface area contributed by atoms with Crippen LogP contribution in [-0.2, 0) is 4.79 Å². The Morgan fingerprint density at radius 3 is 2.77 bits per heavy atom. The molecule has 4 aromatic rings. The van der Waals surface area contributed by atoms with E-state index in [4.69, 9.17) is 9.47 Å². The van der Waals surface area contributed by atoms with Crippen molar-refractivity contribution in [2.75, 3.05) is 11.9 Å². The van der Waals surface area contributed by atoms with Crippen molar-refractivity contribution in [3.63, 3.8) is 0 Å². The van der Waals surface area contributed by atoms with E-state index in [9.17, 15) is 4.79 Å². The lowest BCUT2D eigenvalue weighted by Crippen LogP contribution is -2.40. The molecule has 148 valence electrons. The van der Waals surface area contributed by atoms with Crippen LogP contribution in [0.5, 0.6) is 11.5 Å². The van der Waals surface area contributed by atoms with Crippen molar-refractivity contribution in [1.82, 2.24) is 9.97 Å². The lowest BCUT2D eigenvalue weighted by atomic mass is 10.0. The quantitative estimate of drug-likeness (QED) is 0.555. The van der Waals surface area contributed by atoms with Gasteiger partial charge >= 0.3 is 0 Å². The number of hydrogen-bond acceptors (Lipinski definition) is 5. The van der Waals surface area contributed by atoms with Gasteiger partial charge in [0, 0.05) is 29.0 Å². The van der Waals surface area contributed by atoms with Crippen LogP contribution >= 0.6 is 0 Å². The number of benzene rings is 2. The van der Waals surface area contributed by atoms with Gasteiger partial charge in [-0.3, -0.25) is 4.79 Å². The number of nitrogens with zero attached hydrogens (tertiary/aromatic N) is 2. The number of para-hydroxylation sites is 2.